The molecule has 0 spiro atoms. The Morgan fingerprint density at radius 1 is 0.708 bits per heavy atom. The number of nitrogens with one attached hydrogen (secondary N) is 1. The second-order valence-corrected chi connectivity index (χ2v) is 12.6. The van der Waals surface area contributed by atoms with Crippen molar-refractivity contribution < 1.29 is 33.3 Å². The van der Waals surface area contributed by atoms with Crippen molar-refractivity contribution in [2.75, 3.05) is 59.4 Å². The molecule has 3 aromatic carbocycles. The molecule has 0 aromatic heterocycles. The average Bonchev–Trinajstić information content (AvgIpc) is 3.14. The lowest BCUT2D eigenvalue weighted by atomic mass is 9.87. The summed E-state index contributed by atoms with van der Waals surface area (Å²) in [6, 6.07) is 19.3. The van der Waals surface area contributed by atoms with Gasteiger partial charge in [0.25, 0.3) is 5.91 Å². The fourth-order valence-electron chi connectivity index (χ4n) is 6.57. The van der Waals surface area contributed by atoms with Gasteiger partial charge in [0.15, 0.2) is 12.4 Å². The van der Waals surface area contributed by atoms with Gasteiger partial charge in [0.2, 0.25) is 0 Å². The van der Waals surface area contributed by atoms with Crippen LogP contribution in [-0.2, 0) is 4.79 Å². The number of urea groups is 1. The Balaban J connectivity index is 0.962. The van der Waals surface area contributed by atoms with E-state index in [4.69, 9.17) is 18.9 Å². The standard InChI is InChI=1S/C38H47N3O7/c1-45-32-9-5-8-30(24-32)39-38(44)41-22-18-28(19-23-41)7-4-6-27-16-20-40(21-17-27)36(42)26-48-31-12-10-29(11-13-31)37(43)34-15-14-33(46-2)25-35(34)47-3/h5,8-15,24-25,27-28H,4,6-7,16-23,26H2,1-3H3,(H,39,44). The number of anilines is 1. The lowest BCUT2D eigenvalue weighted by Crippen LogP contribution is -2.41. The van der Waals surface area contributed by atoms with Crippen LogP contribution in [0.15, 0.2) is 66.7 Å². The van der Waals surface area contributed by atoms with E-state index in [9.17, 15) is 14.4 Å². The summed E-state index contributed by atoms with van der Waals surface area (Å²) < 4.78 is 21.6. The predicted octanol–water partition coefficient (Wildman–Crippen LogP) is 6.68. The summed E-state index contributed by atoms with van der Waals surface area (Å²) in [6.07, 6.45) is 7.66. The van der Waals surface area contributed by atoms with Crippen LogP contribution in [0.2, 0.25) is 0 Å². The number of carbonyl (C=O) groups is 3. The molecule has 256 valence electrons. The molecule has 2 aliphatic heterocycles. The SMILES string of the molecule is COc1cccc(NC(=O)N2CCC(CCCC3CCN(C(=O)COc4ccc(C(=O)c5ccc(OC)cc5OC)cc4)CC3)CC2)c1. The third-order valence-electron chi connectivity index (χ3n) is 9.55. The minimum Gasteiger partial charge on any atom is -0.497 e. The number of benzene rings is 3. The maximum Gasteiger partial charge on any atom is 0.321 e. The quantitative estimate of drug-likeness (QED) is 0.205. The number of hydrogen-bond acceptors (Lipinski definition) is 7. The fraction of sp³-hybridized carbons (Fsp3) is 0.447. The Labute approximate surface area is 283 Å². The molecule has 2 aliphatic rings. The van der Waals surface area contributed by atoms with Crippen LogP contribution in [0, 0.1) is 11.8 Å². The molecule has 2 heterocycles. The third-order valence-corrected chi connectivity index (χ3v) is 9.55. The van der Waals surface area contributed by atoms with Gasteiger partial charge in [0, 0.05) is 49.6 Å². The maximum absolute atomic E-state index is 13.0. The van der Waals surface area contributed by atoms with Crippen molar-refractivity contribution in [3.63, 3.8) is 0 Å². The topological polar surface area (TPSA) is 107 Å². The summed E-state index contributed by atoms with van der Waals surface area (Å²) in [5.74, 6) is 3.42. The summed E-state index contributed by atoms with van der Waals surface area (Å²) >= 11 is 0. The molecule has 10 heteroatoms. The van der Waals surface area contributed by atoms with Crippen molar-refractivity contribution in [2.45, 2.75) is 44.9 Å². The summed E-state index contributed by atoms with van der Waals surface area (Å²) in [5, 5.41) is 2.99. The highest BCUT2D eigenvalue weighted by Gasteiger charge is 2.25. The van der Waals surface area contributed by atoms with Crippen LogP contribution in [0.25, 0.3) is 0 Å². The number of nitrogens with zero attached hydrogens (tertiary/aromatic N) is 2. The third kappa shape index (κ3) is 9.20. The second-order valence-electron chi connectivity index (χ2n) is 12.6. The first-order chi connectivity index (χ1) is 23.4. The molecular formula is C38H47N3O7. The molecule has 5 rings (SSSR count). The smallest absolute Gasteiger partial charge is 0.321 e. The summed E-state index contributed by atoms with van der Waals surface area (Å²) in [6.45, 7) is 3.05. The first kappa shape index (κ1) is 34.6. The van der Waals surface area contributed by atoms with Gasteiger partial charge < -0.3 is 34.1 Å². The van der Waals surface area contributed by atoms with Gasteiger partial charge in [-0.3, -0.25) is 9.59 Å². The Morgan fingerprint density at radius 2 is 1.31 bits per heavy atom. The van der Waals surface area contributed by atoms with Crippen molar-refractivity contribution in [2.24, 2.45) is 11.8 Å². The molecule has 3 aromatic rings. The minimum absolute atomic E-state index is 0.0150. The summed E-state index contributed by atoms with van der Waals surface area (Å²) in [7, 11) is 4.70. The van der Waals surface area contributed by atoms with E-state index in [1.165, 1.54) is 26.4 Å². The van der Waals surface area contributed by atoms with E-state index in [0.29, 0.717) is 40.2 Å². The van der Waals surface area contributed by atoms with Gasteiger partial charge in [-0.25, -0.2) is 4.79 Å². The lowest BCUT2D eigenvalue weighted by Gasteiger charge is -2.33. The van der Waals surface area contributed by atoms with Gasteiger partial charge >= 0.3 is 6.03 Å². The predicted molar refractivity (Wildman–Crippen MR) is 184 cm³/mol. The number of carbonyl (C=O) groups excluding carboxylic acids is 3. The Kier molecular flexibility index (Phi) is 12.2. The maximum atomic E-state index is 13.0. The van der Waals surface area contributed by atoms with E-state index in [1.54, 1.807) is 56.7 Å². The minimum atomic E-state index is -0.170. The molecular weight excluding hydrogens is 610 g/mol. The van der Waals surface area contributed by atoms with Crippen molar-refractivity contribution in [3.05, 3.63) is 77.9 Å². The van der Waals surface area contributed by atoms with Crippen LogP contribution in [0.5, 0.6) is 23.0 Å². The number of amides is 3. The zero-order valence-electron chi connectivity index (χ0n) is 28.2. The zero-order valence-corrected chi connectivity index (χ0v) is 28.2. The van der Waals surface area contributed by atoms with Crippen molar-refractivity contribution in [1.29, 1.82) is 0 Å². The van der Waals surface area contributed by atoms with E-state index in [-0.39, 0.29) is 24.3 Å². The number of ketones is 1. The van der Waals surface area contributed by atoms with Crippen molar-refractivity contribution in [1.82, 2.24) is 9.80 Å². The van der Waals surface area contributed by atoms with Gasteiger partial charge in [0.05, 0.1) is 26.9 Å². The summed E-state index contributed by atoms with van der Waals surface area (Å²) in [4.78, 5) is 42.4. The van der Waals surface area contributed by atoms with E-state index >= 15 is 0 Å². The average molecular weight is 658 g/mol. The van der Waals surface area contributed by atoms with E-state index in [2.05, 4.69) is 5.32 Å². The van der Waals surface area contributed by atoms with Crippen LogP contribution in [0.3, 0.4) is 0 Å². The lowest BCUT2D eigenvalue weighted by molar-refractivity contribution is -0.134. The highest BCUT2D eigenvalue weighted by Crippen LogP contribution is 2.29. The first-order valence-electron chi connectivity index (χ1n) is 16.8. The molecule has 0 radical (unpaired) electrons. The first-order valence-corrected chi connectivity index (χ1v) is 16.8. The molecule has 10 nitrogen and oxygen atoms in total. The zero-order chi connectivity index (χ0) is 33.9. The number of rotatable bonds is 13. The van der Waals surface area contributed by atoms with Gasteiger partial charge in [-0.2, -0.15) is 0 Å². The molecule has 0 atom stereocenters. The number of likely N-dealkylation sites (tertiary alicyclic amines) is 2. The Morgan fingerprint density at radius 3 is 1.94 bits per heavy atom. The fourth-order valence-corrected chi connectivity index (χ4v) is 6.57. The molecule has 48 heavy (non-hydrogen) atoms. The summed E-state index contributed by atoms with van der Waals surface area (Å²) in [5.41, 5.74) is 1.69. The van der Waals surface area contributed by atoms with Gasteiger partial charge in [-0.15, -0.1) is 0 Å². The number of hydrogen-bond donors (Lipinski definition) is 1. The molecule has 0 saturated carbocycles. The van der Waals surface area contributed by atoms with E-state index < -0.39 is 0 Å². The van der Waals surface area contributed by atoms with Crippen molar-refractivity contribution in [3.8, 4) is 23.0 Å². The highest BCUT2D eigenvalue weighted by molar-refractivity contribution is 6.10. The van der Waals surface area contributed by atoms with Crippen LogP contribution >= 0.6 is 0 Å². The number of methoxy groups -OCH3 is 3. The molecule has 0 bridgehead atoms. The monoisotopic (exact) mass is 657 g/mol. The van der Waals surface area contributed by atoms with E-state index in [1.807, 2.05) is 34.1 Å². The molecule has 2 saturated heterocycles. The molecule has 0 aliphatic carbocycles. The Bertz CT molecular complexity index is 1530. The number of piperidine rings is 2. The molecule has 3 amide bonds. The molecule has 1 N–H and O–H groups in total. The second kappa shape index (κ2) is 16.9. The van der Waals surface area contributed by atoms with Crippen molar-refractivity contribution >= 4 is 23.4 Å². The molecule has 0 unspecified atom stereocenters. The van der Waals surface area contributed by atoms with Gasteiger partial charge in [-0.1, -0.05) is 25.3 Å². The van der Waals surface area contributed by atoms with Crippen LogP contribution in [0.4, 0.5) is 10.5 Å². The Hall–Kier alpha value is -4.73. The largest absolute Gasteiger partial charge is 0.497 e. The molecule has 2 fully saturated rings. The van der Waals surface area contributed by atoms with E-state index in [0.717, 1.165) is 63.3 Å². The number of ether oxygens (including phenoxy) is 4. The normalized spacial score (nSPS) is 15.5. The van der Waals surface area contributed by atoms with Gasteiger partial charge in [-0.05, 0) is 86.1 Å². The van der Waals surface area contributed by atoms with Crippen LogP contribution in [0.1, 0.15) is 60.9 Å². The van der Waals surface area contributed by atoms with Crippen LogP contribution in [-0.4, -0.2) is 81.6 Å². The van der Waals surface area contributed by atoms with Gasteiger partial charge in [0.1, 0.15) is 23.0 Å². The highest BCUT2D eigenvalue weighted by atomic mass is 16.5. The van der Waals surface area contributed by atoms with Crippen LogP contribution < -0.4 is 24.3 Å².